The fourth-order valence-electron chi connectivity index (χ4n) is 5.06. The third-order valence-corrected chi connectivity index (χ3v) is 6.98. The van der Waals surface area contributed by atoms with Crippen molar-refractivity contribution < 1.29 is 23.5 Å². The van der Waals surface area contributed by atoms with Crippen molar-refractivity contribution in [3.8, 4) is 5.82 Å². The van der Waals surface area contributed by atoms with Gasteiger partial charge in [0, 0.05) is 25.8 Å². The number of aromatic nitrogens is 3. The zero-order valence-corrected chi connectivity index (χ0v) is 22.1. The Bertz CT molecular complexity index is 1150. The Morgan fingerprint density at radius 2 is 1.89 bits per heavy atom. The van der Waals surface area contributed by atoms with E-state index in [4.69, 9.17) is 4.74 Å². The van der Waals surface area contributed by atoms with E-state index in [-0.39, 0.29) is 18.4 Å². The van der Waals surface area contributed by atoms with Crippen LogP contribution in [0.25, 0.3) is 5.82 Å². The van der Waals surface area contributed by atoms with Crippen LogP contribution in [-0.4, -0.2) is 84.7 Å². The zero-order valence-electron chi connectivity index (χ0n) is 22.1. The Balaban J connectivity index is 1.55. The first-order valence-corrected chi connectivity index (χ1v) is 12.7. The Labute approximate surface area is 216 Å². The molecule has 2 aliphatic rings. The van der Waals surface area contributed by atoms with Gasteiger partial charge in [-0.15, -0.1) is 0 Å². The van der Waals surface area contributed by atoms with Gasteiger partial charge in [0.1, 0.15) is 17.7 Å². The van der Waals surface area contributed by atoms with E-state index in [1.807, 2.05) is 34.6 Å². The summed E-state index contributed by atoms with van der Waals surface area (Å²) < 4.78 is 20.2. The van der Waals surface area contributed by atoms with E-state index in [2.05, 4.69) is 10.1 Å². The minimum atomic E-state index is -1.00. The molecule has 2 saturated heterocycles. The molecule has 1 atom stereocenters. The molecular weight excluding hydrogens is 479 g/mol. The van der Waals surface area contributed by atoms with Crippen LogP contribution in [0.5, 0.6) is 0 Å². The number of hydrogen-bond acceptors (Lipinski definition) is 6. The van der Waals surface area contributed by atoms with E-state index in [1.54, 1.807) is 33.0 Å². The molecule has 11 heteroatoms. The van der Waals surface area contributed by atoms with Gasteiger partial charge in [0.25, 0.3) is 0 Å². The van der Waals surface area contributed by atoms with Crippen molar-refractivity contribution in [3.05, 3.63) is 42.1 Å². The van der Waals surface area contributed by atoms with E-state index in [9.17, 15) is 18.8 Å². The summed E-state index contributed by atoms with van der Waals surface area (Å²) in [6, 6.07) is 3.10. The molecule has 0 bridgehead atoms. The molecular formula is C26H35FN6O4. The lowest BCUT2D eigenvalue weighted by Crippen LogP contribution is -2.71. The van der Waals surface area contributed by atoms with Crippen molar-refractivity contribution in [3.63, 3.8) is 0 Å². The summed E-state index contributed by atoms with van der Waals surface area (Å²) in [6.45, 7) is 10.4. The highest BCUT2D eigenvalue weighted by atomic mass is 19.1. The molecule has 1 spiro atoms. The minimum absolute atomic E-state index is 0.0242. The van der Waals surface area contributed by atoms with Crippen molar-refractivity contribution in [1.82, 2.24) is 29.5 Å². The standard InChI is InChI=1S/C26H35FN6O4/c1-6-11-32-22(34)17-31(18(2)19-7-8-21(28-14-19)33-16-20(27)15-29-33)23(35)26(32)9-12-30(13-10-26)24(36)37-25(3,4)5/h7-8,14-16,18H,6,9-13,17H2,1-5H3/t18-/m0/s1. The first-order chi connectivity index (χ1) is 17.4. The second-order valence-corrected chi connectivity index (χ2v) is 10.7. The number of piperidine rings is 1. The van der Waals surface area contributed by atoms with E-state index >= 15 is 0 Å². The van der Waals surface area contributed by atoms with Crippen molar-refractivity contribution >= 4 is 17.9 Å². The molecule has 2 aliphatic heterocycles. The summed E-state index contributed by atoms with van der Waals surface area (Å²) in [5.41, 5.74) is -0.862. The largest absolute Gasteiger partial charge is 0.444 e. The van der Waals surface area contributed by atoms with Crippen LogP contribution in [0.15, 0.2) is 30.7 Å². The van der Waals surface area contributed by atoms with Gasteiger partial charge in [-0.05, 0) is 58.6 Å². The minimum Gasteiger partial charge on any atom is -0.444 e. The van der Waals surface area contributed by atoms with Gasteiger partial charge < -0.3 is 19.4 Å². The molecule has 10 nitrogen and oxygen atoms in total. The Morgan fingerprint density at radius 3 is 2.43 bits per heavy atom. The summed E-state index contributed by atoms with van der Waals surface area (Å²) in [5.74, 6) is -0.233. The van der Waals surface area contributed by atoms with Crippen LogP contribution >= 0.6 is 0 Å². The molecule has 200 valence electrons. The van der Waals surface area contributed by atoms with Crippen LogP contribution in [0.1, 0.15) is 65.5 Å². The fraction of sp³-hybridized carbons (Fsp3) is 0.577. The molecule has 0 saturated carbocycles. The third kappa shape index (κ3) is 5.30. The average molecular weight is 515 g/mol. The topological polar surface area (TPSA) is 101 Å². The summed E-state index contributed by atoms with van der Waals surface area (Å²) in [7, 11) is 0. The number of carbonyl (C=O) groups is 3. The highest BCUT2D eigenvalue weighted by Gasteiger charge is 2.54. The van der Waals surface area contributed by atoms with E-state index in [0.29, 0.717) is 38.3 Å². The number of amides is 3. The van der Waals surface area contributed by atoms with Gasteiger partial charge in [0.2, 0.25) is 11.8 Å². The molecule has 0 unspecified atom stereocenters. The van der Waals surface area contributed by atoms with Crippen LogP contribution in [0.2, 0.25) is 0 Å². The van der Waals surface area contributed by atoms with Crippen molar-refractivity contribution in [1.29, 1.82) is 0 Å². The van der Waals surface area contributed by atoms with Gasteiger partial charge in [-0.1, -0.05) is 13.0 Å². The van der Waals surface area contributed by atoms with Gasteiger partial charge >= 0.3 is 6.09 Å². The molecule has 0 radical (unpaired) electrons. The zero-order chi connectivity index (χ0) is 27.0. The predicted molar refractivity (Wildman–Crippen MR) is 133 cm³/mol. The number of rotatable bonds is 5. The molecule has 4 rings (SSSR count). The van der Waals surface area contributed by atoms with Gasteiger partial charge in [0.05, 0.1) is 18.4 Å². The van der Waals surface area contributed by atoms with Crippen LogP contribution in [0, 0.1) is 5.82 Å². The van der Waals surface area contributed by atoms with Crippen LogP contribution in [0.3, 0.4) is 0 Å². The molecule has 0 N–H and O–H groups in total. The highest BCUT2D eigenvalue weighted by Crippen LogP contribution is 2.38. The number of hydrogen-bond donors (Lipinski definition) is 0. The number of carbonyl (C=O) groups excluding carboxylic acids is 3. The van der Waals surface area contributed by atoms with E-state index in [0.717, 1.165) is 18.2 Å². The first kappa shape index (κ1) is 26.6. The molecule has 37 heavy (non-hydrogen) atoms. The third-order valence-electron chi connectivity index (χ3n) is 6.98. The molecule has 3 amide bonds. The fourth-order valence-corrected chi connectivity index (χ4v) is 5.06. The average Bonchev–Trinajstić information content (AvgIpc) is 3.29. The number of piperazine rings is 1. The maximum absolute atomic E-state index is 14.1. The number of likely N-dealkylation sites (tertiary alicyclic amines) is 1. The number of nitrogens with zero attached hydrogens (tertiary/aromatic N) is 6. The molecule has 2 fully saturated rings. The van der Waals surface area contributed by atoms with Crippen LogP contribution < -0.4 is 0 Å². The number of pyridine rings is 1. The maximum atomic E-state index is 14.1. The summed E-state index contributed by atoms with van der Waals surface area (Å²) in [5, 5.41) is 3.92. The lowest BCUT2D eigenvalue weighted by Gasteiger charge is -2.53. The summed E-state index contributed by atoms with van der Waals surface area (Å²) in [4.78, 5) is 49.4. The predicted octanol–water partition coefficient (Wildman–Crippen LogP) is 3.32. The lowest BCUT2D eigenvalue weighted by molar-refractivity contribution is -0.171. The Hall–Kier alpha value is -3.50. The summed E-state index contributed by atoms with van der Waals surface area (Å²) >= 11 is 0. The normalized spacial score (nSPS) is 18.9. The van der Waals surface area contributed by atoms with Gasteiger partial charge in [-0.2, -0.15) is 5.10 Å². The number of halogens is 1. The monoisotopic (exact) mass is 514 g/mol. The quantitative estimate of drug-likeness (QED) is 0.607. The highest BCUT2D eigenvalue weighted by molar-refractivity contribution is 5.98. The SMILES string of the molecule is CCCN1C(=O)CN([C@@H](C)c2ccc(-n3cc(F)cn3)nc2)C(=O)C12CCN(C(=O)OC(C)(C)C)CC2. The van der Waals surface area contributed by atoms with Crippen molar-refractivity contribution in [2.75, 3.05) is 26.2 Å². The first-order valence-electron chi connectivity index (χ1n) is 12.7. The molecule has 2 aromatic heterocycles. The Morgan fingerprint density at radius 1 is 1.19 bits per heavy atom. The molecule has 2 aromatic rings. The van der Waals surface area contributed by atoms with Crippen molar-refractivity contribution in [2.24, 2.45) is 0 Å². The van der Waals surface area contributed by atoms with Crippen LogP contribution in [0.4, 0.5) is 9.18 Å². The number of ether oxygens (including phenoxy) is 1. The molecule has 0 aromatic carbocycles. The molecule has 0 aliphatic carbocycles. The maximum Gasteiger partial charge on any atom is 0.410 e. The second-order valence-electron chi connectivity index (χ2n) is 10.7. The van der Waals surface area contributed by atoms with Crippen molar-refractivity contribution in [2.45, 2.75) is 71.1 Å². The summed E-state index contributed by atoms with van der Waals surface area (Å²) in [6.07, 6.45) is 4.97. The van der Waals surface area contributed by atoms with Gasteiger partial charge in [-0.25, -0.2) is 18.9 Å². The smallest absolute Gasteiger partial charge is 0.410 e. The van der Waals surface area contributed by atoms with Gasteiger partial charge in [-0.3, -0.25) is 9.59 Å². The Kier molecular flexibility index (Phi) is 7.25. The second kappa shape index (κ2) is 10.1. The van der Waals surface area contributed by atoms with E-state index < -0.39 is 29.1 Å². The van der Waals surface area contributed by atoms with E-state index in [1.165, 1.54) is 10.9 Å². The lowest BCUT2D eigenvalue weighted by atomic mass is 9.81. The van der Waals surface area contributed by atoms with Gasteiger partial charge in [0.15, 0.2) is 11.6 Å². The van der Waals surface area contributed by atoms with Crippen LogP contribution in [-0.2, 0) is 14.3 Å². The molecule has 4 heterocycles.